The molecule has 0 spiro atoms. The Morgan fingerprint density at radius 1 is 1.40 bits per heavy atom. The monoisotopic (exact) mass is 212 g/mol. The average Bonchev–Trinajstić information content (AvgIpc) is 2.18. The van der Waals surface area contributed by atoms with E-state index in [0.29, 0.717) is 0 Å². The van der Waals surface area contributed by atoms with Crippen LogP contribution in [0.25, 0.3) is 0 Å². The average molecular weight is 212 g/mol. The summed E-state index contributed by atoms with van der Waals surface area (Å²) in [6.45, 7) is 0.105. The minimum atomic E-state index is -1.27. The van der Waals surface area contributed by atoms with Crippen LogP contribution < -0.4 is 5.48 Å². The second-order valence-corrected chi connectivity index (χ2v) is 2.48. The summed E-state index contributed by atoms with van der Waals surface area (Å²) in [4.78, 5) is 28.4. The number of carbonyl (C=O) groups excluding carboxylic acids is 1. The molecule has 7 heteroatoms. The molecule has 0 unspecified atom stereocenters. The summed E-state index contributed by atoms with van der Waals surface area (Å²) >= 11 is 0. The molecule has 0 atom stereocenters. The summed E-state index contributed by atoms with van der Waals surface area (Å²) in [6.07, 6.45) is -1.27. The predicted octanol–water partition coefficient (Wildman–Crippen LogP) is 1.04. The van der Waals surface area contributed by atoms with Crippen molar-refractivity contribution in [3.05, 3.63) is 46.0 Å². The first-order chi connectivity index (χ1) is 7.18. The van der Waals surface area contributed by atoms with Gasteiger partial charge in [-0.1, -0.05) is 30.3 Å². The molecule has 15 heavy (non-hydrogen) atoms. The lowest BCUT2D eigenvalue weighted by atomic mass is 10.2. The Balaban J connectivity index is 2.22. The highest BCUT2D eigenvalue weighted by molar-refractivity contribution is 5.64. The fourth-order valence-electron chi connectivity index (χ4n) is 0.839. The van der Waals surface area contributed by atoms with Gasteiger partial charge in [0.2, 0.25) is 0 Å². The van der Waals surface area contributed by atoms with E-state index >= 15 is 0 Å². The van der Waals surface area contributed by atoms with Crippen molar-refractivity contribution in [1.29, 1.82) is 0 Å². The highest BCUT2D eigenvalue weighted by Gasteiger charge is 2.05. The van der Waals surface area contributed by atoms with E-state index in [1.54, 1.807) is 29.7 Å². The molecule has 1 rings (SSSR count). The maximum atomic E-state index is 10.5. The maximum Gasteiger partial charge on any atom is 0.419 e. The van der Waals surface area contributed by atoms with Crippen LogP contribution in [0.5, 0.6) is 0 Å². The molecule has 0 fully saturated rings. The zero-order chi connectivity index (χ0) is 11.1. The van der Waals surface area contributed by atoms with E-state index in [0.717, 1.165) is 5.56 Å². The van der Waals surface area contributed by atoms with Crippen molar-refractivity contribution < 1.29 is 19.6 Å². The number of hydroxylamine groups is 1. The number of carbonyl (C=O) groups is 1. The van der Waals surface area contributed by atoms with Crippen LogP contribution in [0.3, 0.4) is 0 Å². The Morgan fingerprint density at radius 2 is 2.07 bits per heavy atom. The summed E-state index contributed by atoms with van der Waals surface area (Å²) in [5, 5.41) is 8.49. The lowest BCUT2D eigenvalue weighted by Crippen LogP contribution is -2.26. The maximum absolute atomic E-state index is 10.5. The molecule has 0 radical (unpaired) electrons. The second kappa shape index (κ2) is 5.55. The minimum Gasteiger partial charge on any atom is -0.267 e. The summed E-state index contributed by atoms with van der Waals surface area (Å²) < 4.78 is 0. The molecule has 0 aromatic heterocycles. The van der Waals surface area contributed by atoms with Crippen LogP contribution in [-0.2, 0) is 16.3 Å². The molecule has 80 valence electrons. The molecule has 0 aliphatic heterocycles. The molecule has 0 saturated heterocycles. The summed E-state index contributed by atoms with van der Waals surface area (Å²) in [5.74, 6) is 0. The number of amides is 1. The van der Waals surface area contributed by atoms with E-state index in [9.17, 15) is 14.9 Å². The van der Waals surface area contributed by atoms with Gasteiger partial charge in [0, 0.05) is 0 Å². The molecule has 1 N–H and O–H groups in total. The van der Waals surface area contributed by atoms with Gasteiger partial charge in [-0.15, -0.1) is 10.1 Å². The molecule has 0 heterocycles. The van der Waals surface area contributed by atoms with E-state index in [4.69, 9.17) is 0 Å². The molecule has 0 saturated carbocycles. The molecule has 0 aliphatic rings. The van der Waals surface area contributed by atoms with Gasteiger partial charge in [0.15, 0.2) is 0 Å². The van der Waals surface area contributed by atoms with Crippen LogP contribution in [0.15, 0.2) is 30.3 Å². The van der Waals surface area contributed by atoms with Gasteiger partial charge in [0.05, 0.1) is 6.61 Å². The van der Waals surface area contributed by atoms with Gasteiger partial charge in [-0.3, -0.25) is 4.84 Å². The fraction of sp³-hybridized carbons (Fsp3) is 0.125. The second-order valence-electron chi connectivity index (χ2n) is 2.48. The SMILES string of the molecule is O=C(NOCc1ccccc1)O[N+](=O)[O-]. The largest absolute Gasteiger partial charge is 0.419 e. The predicted molar refractivity (Wildman–Crippen MR) is 47.8 cm³/mol. The van der Waals surface area contributed by atoms with Crippen molar-refractivity contribution >= 4 is 6.09 Å². The summed E-state index contributed by atoms with van der Waals surface area (Å²) in [6, 6.07) is 8.99. The number of benzene rings is 1. The highest BCUT2D eigenvalue weighted by Crippen LogP contribution is 1.98. The van der Waals surface area contributed by atoms with Crippen LogP contribution in [0.1, 0.15) is 5.56 Å². The lowest BCUT2D eigenvalue weighted by molar-refractivity contribution is -0.728. The number of nitrogens with one attached hydrogen (secondary N) is 1. The van der Waals surface area contributed by atoms with Crippen molar-refractivity contribution in [2.75, 3.05) is 0 Å². The first-order valence-corrected chi connectivity index (χ1v) is 3.96. The van der Waals surface area contributed by atoms with Gasteiger partial charge in [-0.05, 0) is 5.56 Å². The van der Waals surface area contributed by atoms with E-state index < -0.39 is 11.2 Å². The van der Waals surface area contributed by atoms with Gasteiger partial charge in [-0.2, -0.15) is 0 Å². The van der Waals surface area contributed by atoms with Crippen molar-refractivity contribution in [1.82, 2.24) is 5.48 Å². The Morgan fingerprint density at radius 3 is 2.67 bits per heavy atom. The molecule has 1 aromatic rings. The Hall–Kier alpha value is -2.15. The normalized spacial score (nSPS) is 9.33. The fourth-order valence-corrected chi connectivity index (χ4v) is 0.839. The van der Waals surface area contributed by atoms with Gasteiger partial charge in [-0.25, -0.2) is 15.1 Å². The highest BCUT2D eigenvalue weighted by atomic mass is 17.0. The molecule has 1 aromatic carbocycles. The zero-order valence-electron chi connectivity index (χ0n) is 7.58. The molecule has 0 bridgehead atoms. The molecular formula is C8H8N2O5. The molecule has 7 nitrogen and oxygen atoms in total. The van der Waals surface area contributed by atoms with E-state index in [1.807, 2.05) is 6.07 Å². The van der Waals surface area contributed by atoms with Crippen molar-refractivity contribution in [2.45, 2.75) is 6.61 Å². The van der Waals surface area contributed by atoms with Gasteiger partial charge < -0.3 is 0 Å². The van der Waals surface area contributed by atoms with Gasteiger partial charge >= 0.3 is 11.2 Å². The first kappa shape index (κ1) is 10.9. The topological polar surface area (TPSA) is 90.7 Å². The summed E-state index contributed by atoms with van der Waals surface area (Å²) in [5.41, 5.74) is 2.58. The van der Waals surface area contributed by atoms with E-state index in [1.165, 1.54) is 0 Å². The van der Waals surface area contributed by atoms with Gasteiger partial charge in [0.25, 0.3) is 0 Å². The Kier molecular flexibility index (Phi) is 4.05. The van der Waals surface area contributed by atoms with Crippen LogP contribution in [0.4, 0.5) is 4.79 Å². The third kappa shape index (κ3) is 4.58. The molecule has 1 amide bonds. The first-order valence-electron chi connectivity index (χ1n) is 3.96. The van der Waals surface area contributed by atoms with Crippen LogP contribution >= 0.6 is 0 Å². The third-order valence-electron chi connectivity index (χ3n) is 1.39. The summed E-state index contributed by atoms with van der Waals surface area (Å²) in [7, 11) is 0. The number of hydrogen-bond donors (Lipinski definition) is 1. The van der Waals surface area contributed by atoms with Crippen LogP contribution in [0.2, 0.25) is 0 Å². The number of rotatable bonds is 4. The Labute approximate surface area is 84.7 Å². The minimum absolute atomic E-state index is 0.105. The quantitative estimate of drug-likeness (QED) is 0.594. The number of hydrogen-bond acceptors (Lipinski definition) is 5. The van der Waals surface area contributed by atoms with E-state index in [-0.39, 0.29) is 6.61 Å². The third-order valence-corrected chi connectivity index (χ3v) is 1.39. The van der Waals surface area contributed by atoms with Crippen molar-refractivity contribution in [2.24, 2.45) is 0 Å². The van der Waals surface area contributed by atoms with Crippen LogP contribution in [-0.4, -0.2) is 11.2 Å². The molecule has 0 aliphatic carbocycles. The van der Waals surface area contributed by atoms with E-state index in [2.05, 4.69) is 9.68 Å². The zero-order valence-corrected chi connectivity index (χ0v) is 7.58. The van der Waals surface area contributed by atoms with Crippen molar-refractivity contribution in [3.8, 4) is 0 Å². The Bertz CT molecular complexity index is 340. The number of nitrogens with zero attached hydrogens (tertiary/aromatic N) is 1. The van der Waals surface area contributed by atoms with Crippen molar-refractivity contribution in [3.63, 3.8) is 0 Å². The standard InChI is InChI=1S/C8H8N2O5/c11-8(15-10(12)13)9-14-6-7-4-2-1-3-5-7/h1-5H,6H2,(H,9,11). The van der Waals surface area contributed by atoms with Crippen LogP contribution in [0, 0.1) is 10.1 Å². The smallest absolute Gasteiger partial charge is 0.267 e. The lowest BCUT2D eigenvalue weighted by Gasteiger charge is -2.03. The molecular weight excluding hydrogens is 204 g/mol. The van der Waals surface area contributed by atoms with Gasteiger partial charge in [0.1, 0.15) is 0 Å².